The molecule has 2 aromatic rings. The molecular weight excluding hydrogens is 706 g/mol. The molecule has 164 valence electrons. The third-order valence-electron chi connectivity index (χ3n) is 3.87. The summed E-state index contributed by atoms with van der Waals surface area (Å²) in [5.74, 6) is -1.83. The van der Waals surface area contributed by atoms with Crippen molar-refractivity contribution in [1.29, 1.82) is 0 Å². The minimum Gasteiger partial charge on any atom is -0.474 e. The fourth-order valence-electron chi connectivity index (χ4n) is 2.51. The summed E-state index contributed by atoms with van der Waals surface area (Å²) in [6, 6.07) is 8.02. The smallest absolute Gasteiger partial charge is 0.474 e. The summed E-state index contributed by atoms with van der Waals surface area (Å²) >= 11 is 18.5. The molecule has 0 unspecified atom stereocenters. The third-order valence-corrected chi connectivity index (χ3v) is 8.37. The largest absolute Gasteiger partial charge is 0.501 e. The minimum atomic E-state index is -4.38. The first kappa shape index (κ1) is 26.4. The highest BCUT2D eigenvalue weighted by Crippen LogP contribution is 2.64. The van der Waals surface area contributed by atoms with E-state index in [0.717, 1.165) is 29.0 Å². The Morgan fingerprint density at radius 2 is 1.83 bits per heavy atom. The summed E-state index contributed by atoms with van der Waals surface area (Å²) < 4.78 is 36.3. The van der Waals surface area contributed by atoms with Gasteiger partial charge >= 0.3 is 12.1 Å². The molecule has 4 nitrogen and oxygen atoms in total. The molecule has 12 heteroatoms. The molecule has 30 heavy (non-hydrogen) atoms. The first-order valence-corrected chi connectivity index (χ1v) is 17.3. The standard InChI is InChI=1S/C18H15Cl2F2I2O4PS/c1-9(2)12-5-10(3-4-16(12)28-30-29(23)24)6-13-14(19)7-11(8-15(13)20)27-18(21,22)17(25)26/h3-5,7-9H,6H2,1-2H3,(H,25,26). The molecule has 0 saturated carbocycles. The zero-order valence-electron chi connectivity index (χ0n) is 15.5. The number of rotatable bonds is 9. The van der Waals surface area contributed by atoms with E-state index in [-0.39, 0.29) is 18.4 Å². The molecule has 0 saturated heterocycles. The Bertz CT molecular complexity index is 912. The van der Waals surface area contributed by atoms with E-state index >= 15 is 0 Å². The monoisotopic (exact) mass is 720 g/mol. The average molecular weight is 721 g/mol. The van der Waals surface area contributed by atoms with Gasteiger partial charge < -0.3 is 14.0 Å². The van der Waals surface area contributed by atoms with E-state index in [9.17, 15) is 13.6 Å². The van der Waals surface area contributed by atoms with E-state index in [4.69, 9.17) is 32.5 Å². The first-order chi connectivity index (χ1) is 13.9. The molecule has 0 atom stereocenters. The molecule has 0 bridgehead atoms. The Morgan fingerprint density at radius 3 is 2.33 bits per heavy atom. The van der Waals surface area contributed by atoms with Crippen molar-refractivity contribution in [3.63, 3.8) is 0 Å². The van der Waals surface area contributed by atoms with Crippen LogP contribution in [0.1, 0.15) is 36.5 Å². The quantitative estimate of drug-likeness (QED) is 0.159. The zero-order chi connectivity index (χ0) is 22.6. The predicted octanol–water partition coefficient (Wildman–Crippen LogP) is 8.89. The summed E-state index contributed by atoms with van der Waals surface area (Å²) in [5.41, 5.74) is 2.46. The molecule has 0 spiro atoms. The van der Waals surface area contributed by atoms with Gasteiger partial charge in [-0.3, -0.25) is 0 Å². The maximum absolute atomic E-state index is 13.3. The molecule has 0 aromatic heterocycles. The van der Waals surface area contributed by atoms with Crippen molar-refractivity contribution in [2.45, 2.75) is 32.3 Å². The van der Waals surface area contributed by atoms with Gasteiger partial charge in [-0.25, -0.2) is 4.79 Å². The van der Waals surface area contributed by atoms with Gasteiger partial charge in [0.1, 0.15) is 25.6 Å². The topological polar surface area (TPSA) is 55.8 Å². The number of carboxylic acids is 1. The second kappa shape index (κ2) is 11.4. The van der Waals surface area contributed by atoms with Gasteiger partial charge in [-0.1, -0.05) is 49.2 Å². The number of hydrogen-bond acceptors (Lipinski definition) is 4. The number of benzene rings is 2. The maximum atomic E-state index is 13.3. The fourth-order valence-corrected chi connectivity index (χ4v) is 5.25. The Kier molecular flexibility index (Phi) is 10.0. The van der Waals surface area contributed by atoms with Crippen molar-refractivity contribution in [3.8, 4) is 11.5 Å². The van der Waals surface area contributed by atoms with Crippen LogP contribution in [-0.4, -0.2) is 17.2 Å². The Hall–Kier alpha value is 0.190. The van der Waals surface area contributed by atoms with Crippen LogP contribution >= 0.6 is 81.4 Å². The van der Waals surface area contributed by atoms with Crippen LogP contribution in [0.2, 0.25) is 10.0 Å². The van der Waals surface area contributed by atoms with Crippen LogP contribution in [0.15, 0.2) is 30.3 Å². The predicted molar refractivity (Wildman–Crippen MR) is 136 cm³/mol. The summed E-state index contributed by atoms with van der Waals surface area (Å²) in [5, 5.41) is 8.70. The SMILES string of the molecule is CC(C)c1cc(Cc2c(Cl)cc(OC(F)(F)C(=O)O)cc2Cl)ccc1OSP(I)I. The maximum Gasteiger partial charge on any atom is 0.501 e. The lowest BCUT2D eigenvalue weighted by Crippen LogP contribution is -2.34. The minimum absolute atomic E-state index is 0.0983. The van der Waals surface area contributed by atoms with Gasteiger partial charge in [-0.05, 0) is 84.9 Å². The Balaban J connectivity index is 2.29. The molecule has 0 heterocycles. The van der Waals surface area contributed by atoms with Crippen LogP contribution in [0, 0.1) is 0 Å². The van der Waals surface area contributed by atoms with Gasteiger partial charge in [0.15, 0.2) is 0 Å². The van der Waals surface area contributed by atoms with Crippen LogP contribution in [0.25, 0.3) is 0 Å². The summed E-state index contributed by atoms with van der Waals surface area (Å²) in [7, 11) is 0. The highest BCUT2D eigenvalue weighted by atomic mass is 127. The van der Waals surface area contributed by atoms with E-state index in [2.05, 4.69) is 62.7 Å². The number of aliphatic carboxylic acids is 1. The van der Waals surface area contributed by atoms with E-state index in [1.165, 1.54) is 11.7 Å². The van der Waals surface area contributed by atoms with Crippen molar-refractivity contribution in [2.24, 2.45) is 0 Å². The highest BCUT2D eigenvalue weighted by Gasteiger charge is 2.42. The van der Waals surface area contributed by atoms with Gasteiger partial charge in [-0.2, -0.15) is 8.78 Å². The lowest BCUT2D eigenvalue weighted by atomic mass is 9.96. The number of ether oxygens (including phenoxy) is 1. The Labute approximate surface area is 214 Å². The van der Waals surface area contributed by atoms with Crippen molar-refractivity contribution < 1.29 is 27.6 Å². The molecule has 0 aliphatic rings. The molecule has 0 aliphatic carbocycles. The Morgan fingerprint density at radius 1 is 1.23 bits per heavy atom. The second-order valence-corrected chi connectivity index (χ2v) is 24.7. The second-order valence-electron chi connectivity index (χ2n) is 6.35. The number of carboxylic acid groups (broad SMARTS) is 1. The van der Waals surface area contributed by atoms with Gasteiger partial charge in [0.25, 0.3) is 0 Å². The lowest BCUT2D eigenvalue weighted by molar-refractivity contribution is -0.210. The number of carbonyl (C=O) groups is 1. The van der Waals surface area contributed by atoms with Crippen LogP contribution in [0.4, 0.5) is 8.78 Å². The van der Waals surface area contributed by atoms with Crippen molar-refractivity contribution in [2.75, 3.05) is 0 Å². The number of hydrogen-bond donors (Lipinski definition) is 1. The van der Waals surface area contributed by atoms with Crippen molar-refractivity contribution in [3.05, 3.63) is 57.1 Å². The third kappa shape index (κ3) is 7.37. The normalized spacial score (nSPS) is 11.8. The molecule has 0 aliphatic heterocycles. The van der Waals surface area contributed by atoms with Crippen molar-refractivity contribution >= 4 is 87.3 Å². The van der Waals surface area contributed by atoms with Crippen LogP contribution in [0.5, 0.6) is 11.5 Å². The van der Waals surface area contributed by atoms with E-state index in [1.54, 1.807) is 0 Å². The molecule has 2 rings (SSSR count). The van der Waals surface area contributed by atoms with E-state index < -0.39 is 17.8 Å². The first-order valence-electron chi connectivity index (χ1n) is 8.28. The molecule has 1 N–H and O–H groups in total. The van der Waals surface area contributed by atoms with E-state index in [1.807, 2.05) is 18.2 Å². The highest BCUT2D eigenvalue weighted by molar-refractivity contribution is 14.3. The fraction of sp³-hybridized carbons (Fsp3) is 0.278. The lowest BCUT2D eigenvalue weighted by Gasteiger charge is -2.17. The summed E-state index contributed by atoms with van der Waals surface area (Å²) in [6.45, 7) is 4.12. The molecule has 0 radical (unpaired) electrons. The number of halogens is 6. The van der Waals surface area contributed by atoms with Crippen molar-refractivity contribution in [1.82, 2.24) is 0 Å². The number of alkyl halides is 2. The van der Waals surface area contributed by atoms with Gasteiger partial charge in [0.2, 0.25) is 0 Å². The van der Waals surface area contributed by atoms with Crippen LogP contribution in [-0.2, 0) is 11.2 Å². The van der Waals surface area contributed by atoms with Gasteiger partial charge in [-0.15, -0.1) is 0 Å². The molecule has 0 amide bonds. The summed E-state index contributed by atoms with van der Waals surface area (Å²) in [6.07, 6.45) is -4.03. The van der Waals surface area contributed by atoms with E-state index in [0.29, 0.717) is 12.0 Å². The molecular formula is C18H15Cl2F2I2O4PS. The average Bonchev–Trinajstić information content (AvgIpc) is 2.62. The zero-order valence-corrected chi connectivity index (χ0v) is 23.0. The van der Waals surface area contributed by atoms with Crippen LogP contribution < -0.4 is 8.92 Å². The molecule has 0 fully saturated rings. The van der Waals surface area contributed by atoms with Gasteiger partial charge in [0.05, 0.1) is 0 Å². The van der Waals surface area contributed by atoms with Crippen LogP contribution in [0.3, 0.4) is 0 Å². The van der Waals surface area contributed by atoms with Gasteiger partial charge in [0, 0.05) is 16.5 Å². The molecule has 2 aromatic carbocycles. The summed E-state index contributed by atoms with van der Waals surface area (Å²) in [4.78, 5) is 10.5.